The fourth-order valence-electron chi connectivity index (χ4n) is 9.94. The van der Waals surface area contributed by atoms with Crippen molar-refractivity contribution in [3.63, 3.8) is 0 Å². The molecule has 0 saturated heterocycles. The zero-order valence-electron chi connectivity index (χ0n) is 34.7. The smallest absolute Gasteiger partial charge is 0.143 e. The Morgan fingerprint density at radius 1 is 0.312 bits per heavy atom. The third-order valence-corrected chi connectivity index (χ3v) is 12.8. The van der Waals surface area contributed by atoms with Crippen molar-refractivity contribution >= 4 is 82.7 Å². The molecule has 0 bridgehead atoms. The zero-order valence-corrected chi connectivity index (χ0v) is 34.7. The normalized spacial score (nSPS) is 11.8. The maximum atomic E-state index is 6.76. The number of nitrogens with zero attached hydrogens (tertiary/aromatic N) is 2. The van der Waals surface area contributed by atoms with Crippen LogP contribution in [0, 0.1) is 0 Å². The summed E-state index contributed by atoms with van der Waals surface area (Å²) < 4.78 is 15.9. The monoisotopic (exact) mass is 818 g/mol. The van der Waals surface area contributed by atoms with Gasteiger partial charge in [-0.1, -0.05) is 176 Å². The number of furan rings is 2. The molecule has 0 unspecified atom stereocenters. The number of hydrogen-bond donors (Lipinski definition) is 0. The molecule has 0 fully saturated rings. The van der Waals surface area contributed by atoms with Gasteiger partial charge in [0.25, 0.3) is 0 Å². The van der Waals surface area contributed by atoms with E-state index < -0.39 is 0 Å². The molecule has 10 aromatic carbocycles. The number of para-hydroxylation sites is 7. The van der Waals surface area contributed by atoms with E-state index in [4.69, 9.17) is 8.83 Å². The summed E-state index contributed by atoms with van der Waals surface area (Å²) in [6, 6.07) is 82.2. The van der Waals surface area contributed by atoms with E-state index in [0.29, 0.717) is 0 Å². The van der Waals surface area contributed by atoms with Crippen LogP contribution < -0.4 is 4.90 Å². The minimum absolute atomic E-state index is 0.859. The second kappa shape index (κ2) is 14.5. The quantitative estimate of drug-likeness (QED) is 0.161. The Morgan fingerprint density at radius 2 is 0.875 bits per heavy atom. The van der Waals surface area contributed by atoms with Crippen molar-refractivity contribution < 1.29 is 8.83 Å². The van der Waals surface area contributed by atoms with E-state index in [1.165, 1.54) is 21.9 Å². The lowest BCUT2D eigenvalue weighted by molar-refractivity contribution is 0.669. The van der Waals surface area contributed by atoms with Gasteiger partial charge in [-0.05, 0) is 65.7 Å². The topological polar surface area (TPSA) is 34.5 Å². The summed E-state index contributed by atoms with van der Waals surface area (Å²) in [6.07, 6.45) is 0. The van der Waals surface area contributed by atoms with Crippen molar-refractivity contribution in [1.82, 2.24) is 4.57 Å². The van der Waals surface area contributed by atoms with E-state index in [9.17, 15) is 0 Å². The Labute approximate surface area is 369 Å². The molecule has 3 heterocycles. The predicted octanol–water partition coefficient (Wildman–Crippen LogP) is 17.1. The molecule has 0 atom stereocenters. The number of anilines is 3. The van der Waals surface area contributed by atoms with Crippen LogP contribution in [-0.2, 0) is 0 Å². The Balaban J connectivity index is 1.11. The number of aromatic nitrogens is 1. The molecular formula is C60H38N2O2. The van der Waals surface area contributed by atoms with Crippen LogP contribution in [0.5, 0.6) is 0 Å². The lowest BCUT2D eigenvalue weighted by Gasteiger charge is -2.29. The summed E-state index contributed by atoms with van der Waals surface area (Å²) in [7, 11) is 0. The van der Waals surface area contributed by atoms with Gasteiger partial charge in [-0.2, -0.15) is 0 Å². The van der Waals surface area contributed by atoms with Crippen LogP contribution in [-0.4, -0.2) is 4.57 Å². The summed E-state index contributed by atoms with van der Waals surface area (Å²) in [6.45, 7) is 0. The SMILES string of the molecule is c1ccc(-c2ccccc2-n2c3ccccc3c3ccc(N(c4ccccc4)c4cc(-c5cccc6c5oc5ccccc56)ccc4-c4cccc5c4oc4ccccc45)cc32)cc1. The van der Waals surface area contributed by atoms with Crippen LogP contribution in [0.2, 0.25) is 0 Å². The molecule has 0 N–H and O–H groups in total. The molecule has 0 aliphatic carbocycles. The molecule has 0 radical (unpaired) electrons. The Kier molecular flexibility index (Phi) is 8.18. The highest BCUT2D eigenvalue weighted by molar-refractivity contribution is 6.14. The van der Waals surface area contributed by atoms with Crippen molar-refractivity contribution in [3.05, 3.63) is 231 Å². The number of rotatable bonds is 7. The molecule has 4 nitrogen and oxygen atoms in total. The summed E-state index contributed by atoms with van der Waals surface area (Å²) in [5.74, 6) is 0. The lowest BCUT2D eigenvalue weighted by Crippen LogP contribution is -2.11. The second-order valence-electron chi connectivity index (χ2n) is 16.4. The fraction of sp³-hybridized carbons (Fsp3) is 0. The molecule has 0 amide bonds. The van der Waals surface area contributed by atoms with Gasteiger partial charge in [-0.25, -0.2) is 0 Å². The number of hydrogen-bond acceptors (Lipinski definition) is 3. The largest absolute Gasteiger partial charge is 0.455 e. The van der Waals surface area contributed by atoms with Crippen molar-refractivity contribution in [1.29, 1.82) is 0 Å². The molecule has 4 heteroatoms. The maximum absolute atomic E-state index is 6.76. The van der Waals surface area contributed by atoms with Crippen LogP contribution >= 0.6 is 0 Å². The van der Waals surface area contributed by atoms with Gasteiger partial charge in [-0.3, -0.25) is 0 Å². The molecule has 0 aliphatic rings. The van der Waals surface area contributed by atoms with Crippen LogP contribution in [0.15, 0.2) is 239 Å². The summed E-state index contributed by atoms with van der Waals surface area (Å²) in [5, 5.41) is 6.78. The first-order valence-corrected chi connectivity index (χ1v) is 21.8. The van der Waals surface area contributed by atoms with E-state index in [-0.39, 0.29) is 0 Å². The lowest BCUT2D eigenvalue weighted by atomic mass is 9.94. The number of benzene rings is 10. The predicted molar refractivity (Wildman–Crippen MR) is 266 cm³/mol. The first-order chi connectivity index (χ1) is 31.8. The van der Waals surface area contributed by atoms with Gasteiger partial charge in [-0.15, -0.1) is 0 Å². The van der Waals surface area contributed by atoms with E-state index in [1.807, 2.05) is 18.2 Å². The van der Waals surface area contributed by atoms with Crippen molar-refractivity contribution in [2.24, 2.45) is 0 Å². The van der Waals surface area contributed by atoms with Gasteiger partial charge >= 0.3 is 0 Å². The van der Waals surface area contributed by atoms with E-state index in [0.717, 1.165) is 99.9 Å². The molecule has 300 valence electrons. The van der Waals surface area contributed by atoms with Crippen molar-refractivity contribution in [2.45, 2.75) is 0 Å². The molecule has 13 rings (SSSR count). The summed E-state index contributed by atoms with van der Waals surface area (Å²) in [5.41, 5.74) is 16.4. The van der Waals surface area contributed by atoms with Crippen molar-refractivity contribution in [3.8, 4) is 39.1 Å². The Bertz CT molecular complexity index is 3910. The summed E-state index contributed by atoms with van der Waals surface area (Å²) >= 11 is 0. The number of fused-ring (bicyclic) bond motifs is 9. The molecule has 0 spiro atoms. The van der Waals surface area contributed by atoms with Crippen LogP contribution in [0.3, 0.4) is 0 Å². The van der Waals surface area contributed by atoms with Crippen LogP contribution in [0.4, 0.5) is 17.1 Å². The third kappa shape index (κ3) is 5.63. The molecule has 3 aromatic heterocycles. The van der Waals surface area contributed by atoms with E-state index in [1.54, 1.807) is 0 Å². The Hall–Kier alpha value is -8.60. The highest BCUT2D eigenvalue weighted by Crippen LogP contribution is 2.48. The molecule has 13 aromatic rings. The molecule has 0 saturated carbocycles. The molecule has 64 heavy (non-hydrogen) atoms. The van der Waals surface area contributed by atoms with E-state index in [2.05, 4.69) is 222 Å². The van der Waals surface area contributed by atoms with Gasteiger partial charge in [0.1, 0.15) is 22.3 Å². The minimum atomic E-state index is 0.859. The van der Waals surface area contributed by atoms with Gasteiger partial charge < -0.3 is 18.3 Å². The maximum Gasteiger partial charge on any atom is 0.143 e. The van der Waals surface area contributed by atoms with Crippen molar-refractivity contribution in [2.75, 3.05) is 4.90 Å². The summed E-state index contributed by atoms with van der Waals surface area (Å²) in [4.78, 5) is 2.41. The van der Waals surface area contributed by atoms with E-state index >= 15 is 0 Å². The average Bonchev–Trinajstić information content (AvgIpc) is 4.04. The first-order valence-electron chi connectivity index (χ1n) is 21.8. The molecule has 0 aliphatic heterocycles. The highest BCUT2D eigenvalue weighted by Gasteiger charge is 2.24. The highest BCUT2D eigenvalue weighted by atomic mass is 16.3. The zero-order chi connectivity index (χ0) is 42.1. The standard InChI is InChI=1S/C60H38N2O2/c1-3-17-39(18-4-1)43-21-7-11-29-53(43)62-54-30-12-8-22-45(54)46-36-34-42(38-56(46)62)61(41-19-5-2-6-20-41)55-37-40(44-25-15-27-51-48-23-9-13-31-57(48)63-59(44)51)33-35-47(55)50-26-16-28-52-49-24-10-14-32-58(49)64-60(50)52/h1-38H. The third-order valence-electron chi connectivity index (χ3n) is 12.8. The van der Waals surface area contributed by atoms with Crippen LogP contribution in [0.25, 0.3) is 105 Å². The molecular weight excluding hydrogens is 781 g/mol. The first kappa shape index (κ1) is 36.1. The van der Waals surface area contributed by atoms with Gasteiger partial charge in [0, 0.05) is 65.9 Å². The van der Waals surface area contributed by atoms with Gasteiger partial charge in [0.15, 0.2) is 0 Å². The van der Waals surface area contributed by atoms with Gasteiger partial charge in [0.2, 0.25) is 0 Å². The second-order valence-corrected chi connectivity index (χ2v) is 16.4. The van der Waals surface area contributed by atoms with Crippen LogP contribution in [0.1, 0.15) is 0 Å². The average molecular weight is 819 g/mol. The fourth-order valence-corrected chi connectivity index (χ4v) is 9.94. The Morgan fingerprint density at radius 3 is 1.62 bits per heavy atom. The minimum Gasteiger partial charge on any atom is -0.455 e. The van der Waals surface area contributed by atoms with Gasteiger partial charge in [0.05, 0.1) is 22.4 Å².